The Morgan fingerprint density at radius 2 is 1.84 bits per heavy atom. The first-order chi connectivity index (χ1) is 9.15. The number of benzene rings is 2. The van der Waals surface area contributed by atoms with Gasteiger partial charge in [-0.2, -0.15) is 0 Å². The fraction of sp³-hybridized carbons (Fsp3) is 0.143. The highest BCUT2D eigenvalue weighted by Crippen LogP contribution is 2.23. The summed E-state index contributed by atoms with van der Waals surface area (Å²) in [6, 6.07) is 14.1. The van der Waals surface area contributed by atoms with E-state index in [-0.39, 0.29) is 18.2 Å². The van der Waals surface area contributed by atoms with Gasteiger partial charge in [-0.05, 0) is 22.9 Å². The van der Waals surface area contributed by atoms with Crippen molar-refractivity contribution in [3.63, 3.8) is 0 Å². The molecule has 5 heteroatoms. The van der Waals surface area contributed by atoms with Gasteiger partial charge in [-0.3, -0.25) is 9.59 Å². The maximum absolute atomic E-state index is 11.4. The summed E-state index contributed by atoms with van der Waals surface area (Å²) >= 11 is 1.43. The lowest BCUT2D eigenvalue weighted by atomic mass is 10.1. The molecular weight excluding hydrogens is 260 g/mol. The van der Waals surface area contributed by atoms with Crippen molar-refractivity contribution in [3.8, 4) is 0 Å². The largest absolute Gasteiger partial charge is 0.368 e. The van der Waals surface area contributed by atoms with Crippen LogP contribution < -0.4 is 11.1 Å². The Morgan fingerprint density at radius 1 is 1.11 bits per heavy atom. The van der Waals surface area contributed by atoms with E-state index in [9.17, 15) is 9.59 Å². The first kappa shape index (κ1) is 13.4. The Hall–Kier alpha value is -2.01. The van der Waals surface area contributed by atoms with E-state index in [1.807, 2.05) is 42.5 Å². The van der Waals surface area contributed by atoms with Gasteiger partial charge in [-0.1, -0.05) is 30.3 Å². The van der Waals surface area contributed by atoms with Gasteiger partial charge >= 0.3 is 0 Å². The van der Waals surface area contributed by atoms with Crippen molar-refractivity contribution in [3.05, 3.63) is 42.5 Å². The lowest BCUT2D eigenvalue weighted by molar-refractivity contribution is -0.123. The SMILES string of the molecule is NC(=O)CNC(=O)CSc1ccc2ccccc2c1. The number of carbonyl (C=O) groups is 2. The van der Waals surface area contributed by atoms with Gasteiger partial charge in [0.25, 0.3) is 0 Å². The molecule has 0 aliphatic carbocycles. The third-order valence-electron chi connectivity index (χ3n) is 2.55. The Morgan fingerprint density at radius 3 is 2.58 bits per heavy atom. The zero-order valence-corrected chi connectivity index (χ0v) is 11.1. The van der Waals surface area contributed by atoms with Gasteiger partial charge in [-0.15, -0.1) is 11.8 Å². The number of fused-ring (bicyclic) bond motifs is 1. The van der Waals surface area contributed by atoms with Crippen LogP contribution in [0.1, 0.15) is 0 Å². The van der Waals surface area contributed by atoms with Crippen LogP contribution >= 0.6 is 11.8 Å². The molecule has 0 saturated heterocycles. The molecule has 0 bridgehead atoms. The second-order valence-electron chi connectivity index (χ2n) is 4.04. The molecule has 0 heterocycles. The number of hydrogen-bond acceptors (Lipinski definition) is 3. The second kappa shape index (κ2) is 6.24. The summed E-state index contributed by atoms with van der Waals surface area (Å²) in [6.07, 6.45) is 0. The van der Waals surface area contributed by atoms with E-state index in [0.29, 0.717) is 0 Å². The van der Waals surface area contributed by atoms with E-state index < -0.39 is 5.91 Å². The molecule has 3 N–H and O–H groups in total. The van der Waals surface area contributed by atoms with Crippen molar-refractivity contribution in [1.82, 2.24) is 5.32 Å². The van der Waals surface area contributed by atoms with Crippen molar-refractivity contribution in [2.75, 3.05) is 12.3 Å². The van der Waals surface area contributed by atoms with E-state index in [1.54, 1.807) is 0 Å². The van der Waals surface area contributed by atoms with E-state index in [1.165, 1.54) is 17.1 Å². The second-order valence-corrected chi connectivity index (χ2v) is 5.09. The lowest BCUT2D eigenvalue weighted by Crippen LogP contribution is -2.34. The zero-order valence-electron chi connectivity index (χ0n) is 10.3. The van der Waals surface area contributed by atoms with Crippen LogP contribution in [-0.2, 0) is 9.59 Å². The molecule has 2 rings (SSSR count). The zero-order chi connectivity index (χ0) is 13.7. The molecule has 4 nitrogen and oxygen atoms in total. The summed E-state index contributed by atoms with van der Waals surface area (Å²) in [5.41, 5.74) is 4.95. The third kappa shape index (κ3) is 3.99. The highest BCUT2D eigenvalue weighted by atomic mass is 32.2. The summed E-state index contributed by atoms with van der Waals surface area (Å²) in [6.45, 7) is -0.114. The standard InChI is InChI=1S/C14H14N2O2S/c15-13(17)8-16-14(18)9-19-12-6-5-10-3-1-2-4-11(10)7-12/h1-7H,8-9H2,(H2,15,17)(H,16,18). The molecule has 2 aromatic rings. The molecule has 0 saturated carbocycles. The average Bonchev–Trinajstić information content (AvgIpc) is 2.42. The molecule has 0 aromatic heterocycles. The van der Waals surface area contributed by atoms with E-state index >= 15 is 0 Å². The van der Waals surface area contributed by atoms with Crippen molar-refractivity contribution in [1.29, 1.82) is 0 Å². The number of amides is 2. The number of thioether (sulfide) groups is 1. The quantitative estimate of drug-likeness (QED) is 0.812. The maximum atomic E-state index is 11.4. The van der Waals surface area contributed by atoms with E-state index in [2.05, 4.69) is 5.32 Å². The number of hydrogen-bond donors (Lipinski definition) is 2. The maximum Gasteiger partial charge on any atom is 0.236 e. The summed E-state index contributed by atoms with van der Waals surface area (Å²) in [5.74, 6) is -0.466. The minimum absolute atomic E-state index is 0.114. The first-order valence-corrected chi connectivity index (χ1v) is 6.80. The molecule has 0 radical (unpaired) electrons. The smallest absolute Gasteiger partial charge is 0.236 e. The third-order valence-corrected chi connectivity index (χ3v) is 3.54. The van der Waals surface area contributed by atoms with Crippen LogP contribution in [0.25, 0.3) is 10.8 Å². The van der Waals surface area contributed by atoms with Crippen LogP contribution in [0.15, 0.2) is 47.4 Å². The molecule has 0 unspecified atom stereocenters. The van der Waals surface area contributed by atoms with Crippen molar-refractivity contribution in [2.45, 2.75) is 4.90 Å². The normalized spacial score (nSPS) is 10.3. The van der Waals surface area contributed by atoms with Gasteiger partial charge < -0.3 is 11.1 Å². The minimum atomic E-state index is -0.538. The highest BCUT2D eigenvalue weighted by Gasteiger charge is 2.04. The van der Waals surface area contributed by atoms with Crippen LogP contribution in [0.4, 0.5) is 0 Å². The fourth-order valence-electron chi connectivity index (χ4n) is 1.64. The molecular formula is C14H14N2O2S. The van der Waals surface area contributed by atoms with Gasteiger partial charge in [0.15, 0.2) is 0 Å². The Kier molecular flexibility index (Phi) is 4.41. The summed E-state index contributed by atoms with van der Waals surface area (Å²) in [4.78, 5) is 23.0. The van der Waals surface area contributed by atoms with Crippen LogP contribution in [-0.4, -0.2) is 24.1 Å². The predicted octanol–water partition coefficient (Wildman–Crippen LogP) is 1.53. The summed E-state index contributed by atoms with van der Waals surface area (Å²) < 4.78 is 0. The van der Waals surface area contributed by atoms with Crippen molar-refractivity contribution in [2.24, 2.45) is 5.73 Å². The number of rotatable bonds is 5. The summed E-state index contributed by atoms with van der Waals surface area (Å²) in [5, 5.41) is 4.77. The van der Waals surface area contributed by atoms with Gasteiger partial charge in [0.1, 0.15) is 0 Å². The van der Waals surface area contributed by atoms with Gasteiger partial charge in [0.05, 0.1) is 12.3 Å². The Bertz CT molecular complexity index is 613. The van der Waals surface area contributed by atoms with Gasteiger partial charge in [0, 0.05) is 4.90 Å². The number of nitrogens with one attached hydrogen (secondary N) is 1. The highest BCUT2D eigenvalue weighted by molar-refractivity contribution is 8.00. The average molecular weight is 274 g/mol. The molecule has 19 heavy (non-hydrogen) atoms. The van der Waals surface area contributed by atoms with Gasteiger partial charge in [0.2, 0.25) is 11.8 Å². The van der Waals surface area contributed by atoms with Crippen molar-refractivity contribution >= 4 is 34.3 Å². The molecule has 2 amide bonds. The lowest BCUT2D eigenvalue weighted by Gasteiger charge is -2.04. The van der Waals surface area contributed by atoms with E-state index in [0.717, 1.165) is 10.3 Å². The van der Waals surface area contributed by atoms with Crippen LogP contribution in [0, 0.1) is 0 Å². The molecule has 98 valence electrons. The minimum Gasteiger partial charge on any atom is -0.368 e. The number of primary amides is 1. The van der Waals surface area contributed by atoms with Crippen LogP contribution in [0.5, 0.6) is 0 Å². The molecule has 0 aliphatic rings. The molecule has 0 fully saturated rings. The van der Waals surface area contributed by atoms with Crippen LogP contribution in [0.3, 0.4) is 0 Å². The molecule has 0 atom stereocenters. The topological polar surface area (TPSA) is 72.2 Å². The molecule has 0 aliphatic heterocycles. The predicted molar refractivity (Wildman–Crippen MR) is 76.9 cm³/mol. The van der Waals surface area contributed by atoms with E-state index in [4.69, 9.17) is 5.73 Å². The number of carbonyl (C=O) groups excluding carboxylic acids is 2. The number of nitrogens with two attached hydrogens (primary N) is 1. The van der Waals surface area contributed by atoms with Crippen molar-refractivity contribution < 1.29 is 9.59 Å². The monoisotopic (exact) mass is 274 g/mol. The first-order valence-electron chi connectivity index (χ1n) is 5.82. The van der Waals surface area contributed by atoms with Gasteiger partial charge in [-0.25, -0.2) is 0 Å². The Labute approximate surface area is 115 Å². The molecule has 0 spiro atoms. The fourth-order valence-corrected chi connectivity index (χ4v) is 2.42. The summed E-state index contributed by atoms with van der Waals surface area (Å²) in [7, 11) is 0. The van der Waals surface area contributed by atoms with Crippen LogP contribution in [0.2, 0.25) is 0 Å². The molecule has 2 aromatic carbocycles. The Balaban J connectivity index is 1.94.